The molecule has 0 spiro atoms. The third-order valence-corrected chi connectivity index (χ3v) is 4.04. The van der Waals surface area contributed by atoms with Crippen molar-refractivity contribution in [3.05, 3.63) is 18.3 Å². The molecule has 82 valence electrons. The summed E-state index contributed by atoms with van der Waals surface area (Å²) in [4.78, 5) is 4.27. The monoisotopic (exact) mass is 223 g/mol. The molecular formula is C11H17N3S. The standard InChI is InChI=1S/C11H17N3S/c1-15-10-4-2-3-9(10)14-11-6-5-8(12)7-13-11/h5-7,9-10H,2-4,12H2,1H3,(H,13,14). The number of nitrogens with zero attached hydrogens (tertiary/aromatic N) is 1. The number of hydrogen-bond donors (Lipinski definition) is 2. The van der Waals surface area contributed by atoms with Crippen LogP contribution in [-0.4, -0.2) is 22.5 Å². The van der Waals surface area contributed by atoms with E-state index in [0.717, 1.165) is 11.1 Å². The molecule has 1 aromatic heterocycles. The van der Waals surface area contributed by atoms with Crippen molar-refractivity contribution in [2.24, 2.45) is 0 Å². The second-order valence-corrected chi connectivity index (χ2v) is 5.01. The topological polar surface area (TPSA) is 50.9 Å². The molecule has 0 saturated heterocycles. The number of aromatic nitrogens is 1. The molecule has 1 heterocycles. The predicted molar refractivity (Wildman–Crippen MR) is 67.2 cm³/mol. The summed E-state index contributed by atoms with van der Waals surface area (Å²) in [6.07, 6.45) is 7.76. The number of pyridine rings is 1. The van der Waals surface area contributed by atoms with E-state index in [4.69, 9.17) is 5.73 Å². The Morgan fingerprint density at radius 3 is 3.00 bits per heavy atom. The zero-order valence-electron chi connectivity index (χ0n) is 8.94. The minimum atomic E-state index is 0.566. The van der Waals surface area contributed by atoms with Gasteiger partial charge in [-0.3, -0.25) is 0 Å². The summed E-state index contributed by atoms with van der Waals surface area (Å²) in [7, 11) is 0. The highest BCUT2D eigenvalue weighted by Gasteiger charge is 2.26. The van der Waals surface area contributed by atoms with Gasteiger partial charge in [0.15, 0.2) is 0 Å². The Kier molecular flexibility index (Phi) is 3.36. The van der Waals surface area contributed by atoms with Crippen molar-refractivity contribution in [1.29, 1.82) is 0 Å². The molecule has 2 rings (SSSR count). The van der Waals surface area contributed by atoms with Gasteiger partial charge in [-0.15, -0.1) is 0 Å². The van der Waals surface area contributed by atoms with Gasteiger partial charge < -0.3 is 11.1 Å². The number of anilines is 2. The van der Waals surface area contributed by atoms with Gasteiger partial charge in [-0.05, 0) is 31.2 Å². The van der Waals surface area contributed by atoms with E-state index in [1.165, 1.54) is 19.3 Å². The van der Waals surface area contributed by atoms with Crippen LogP contribution in [0.25, 0.3) is 0 Å². The minimum absolute atomic E-state index is 0.566. The number of rotatable bonds is 3. The van der Waals surface area contributed by atoms with E-state index < -0.39 is 0 Å². The van der Waals surface area contributed by atoms with Gasteiger partial charge in [0.25, 0.3) is 0 Å². The Labute approximate surface area is 94.8 Å². The van der Waals surface area contributed by atoms with Gasteiger partial charge in [0, 0.05) is 11.3 Å². The van der Waals surface area contributed by atoms with Gasteiger partial charge >= 0.3 is 0 Å². The van der Waals surface area contributed by atoms with Crippen molar-refractivity contribution in [3.63, 3.8) is 0 Å². The van der Waals surface area contributed by atoms with Crippen molar-refractivity contribution < 1.29 is 0 Å². The molecule has 15 heavy (non-hydrogen) atoms. The molecular weight excluding hydrogens is 206 g/mol. The van der Waals surface area contributed by atoms with Crippen molar-refractivity contribution >= 4 is 23.3 Å². The van der Waals surface area contributed by atoms with Crippen LogP contribution in [0.3, 0.4) is 0 Å². The molecule has 2 unspecified atom stereocenters. The van der Waals surface area contributed by atoms with Crippen LogP contribution in [-0.2, 0) is 0 Å². The molecule has 4 heteroatoms. The van der Waals surface area contributed by atoms with Crippen LogP contribution in [0.5, 0.6) is 0 Å². The summed E-state index contributed by atoms with van der Waals surface area (Å²) in [6.45, 7) is 0. The van der Waals surface area contributed by atoms with Gasteiger partial charge in [0.2, 0.25) is 0 Å². The van der Waals surface area contributed by atoms with Crippen molar-refractivity contribution in [3.8, 4) is 0 Å². The molecule has 1 saturated carbocycles. The highest BCUT2D eigenvalue weighted by atomic mass is 32.2. The average Bonchev–Trinajstić information content (AvgIpc) is 2.69. The maximum Gasteiger partial charge on any atom is 0.126 e. The van der Waals surface area contributed by atoms with E-state index in [0.29, 0.717) is 11.7 Å². The first kappa shape index (κ1) is 10.6. The molecule has 0 aliphatic heterocycles. The van der Waals surface area contributed by atoms with Crippen LogP contribution < -0.4 is 11.1 Å². The average molecular weight is 223 g/mol. The Morgan fingerprint density at radius 1 is 1.47 bits per heavy atom. The molecule has 0 amide bonds. The number of nitrogens with one attached hydrogen (secondary N) is 1. The first-order valence-electron chi connectivity index (χ1n) is 5.30. The zero-order valence-corrected chi connectivity index (χ0v) is 9.76. The van der Waals surface area contributed by atoms with E-state index >= 15 is 0 Å². The Bertz CT molecular complexity index is 312. The lowest BCUT2D eigenvalue weighted by atomic mass is 10.2. The highest BCUT2D eigenvalue weighted by molar-refractivity contribution is 7.99. The first-order chi connectivity index (χ1) is 7.29. The normalized spacial score (nSPS) is 25.4. The smallest absolute Gasteiger partial charge is 0.126 e. The molecule has 1 aliphatic carbocycles. The summed E-state index contributed by atoms with van der Waals surface area (Å²) < 4.78 is 0. The van der Waals surface area contributed by atoms with Crippen LogP contribution in [0.2, 0.25) is 0 Å². The van der Waals surface area contributed by atoms with Gasteiger partial charge in [-0.25, -0.2) is 4.98 Å². The number of nitrogen functional groups attached to an aromatic ring is 1. The van der Waals surface area contributed by atoms with E-state index in [2.05, 4.69) is 16.6 Å². The third kappa shape index (κ3) is 2.56. The van der Waals surface area contributed by atoms with Gasteiger partial charge in [0.05, 0.1) is 11.9 Å². The molecule has 0 radical (unpaired) electrons. The SMILES string of the molecule is CSC1CCCC1Nc1ccc(N)cn1. The minimum Gasteiger partial charge on any atom is -0.397 e. The largest absolute Gasteiger partial charge is 0.397 e. The highest BCUT2D eigenvalue weighted by Crippen LogP contribution is 2.30. The fourth-order valence-corrected chi connectivity index (χ4v) is 2.99. The predicted octanol–water partition coefficient (Wildman–Crippen LogP) is 2.36. The van der Waals surface area contributed by atoms with Crippen LogP contribution in [0.4, 0.5) is 11.5 Å². The summed E-state index contributed by atoms with van der Waals surface area (Å²) >= 11 is 1.95. The summed E-state index contributed by atoms with van der Waals surface area (Å²) in [6, 6.07) is 4.40. The maximum atomic E-state index is 5.59. The van der Waals surface area contributed by atoms with Crippen LogP contribution >= 0.6 is 11.8 Å². The Morgan fingerprint density at radius 2 is 2.33 bits per heavy atom. The molecule has 2 atom stereocenters. The number of nitrogens with two attached hydrogens (primary N) is 1. The second-order valence-electron chi connectivity index (χ2n) is 3.93. The third-order valence-electron chi connectivity index (χ3n) is 2.87. The summed E-state index contributed by atoms with van der Waals surface area (Å²) in [5.74, 6) is 0.940. The van der Waals surface area contributed by atoms with Crippen molar-refractivity contribution in [2.75, 3.05) is 17.3 Å². The lowest BCUT2D eigenvalue weighted by Crippen LogP contribution is -2.26. The fraction of sp³-hybridized carbons (Fsp3) is 0.545. The molecule has 1 aliphatic rings. The molecule has 3 nitrogen and oxygen atoms in total. The van der Waals surface area contributed by atoms with Crippen molar-refractivity contribution in [2.45, 2.75) is 30.6 Å². The first-order valence-corrected chi connectivity index (χ1v) is 6.59. The van der Waals surface area contributed by atoms with Gasteiger partial charge in [-0.2, -0.15) is 11.8 Å². The maximum absolute atomic E-state index is 5.59. The van der Waals surface area contributed by atoms with E-state index in [-0.39, 0.29) is 0 Å². The van der Waals surface area contributed by atoms with Crippen LogP contribution in [0, 0.1) is 0 Å². The lowest BCUT2D eigenvalue weighted by Gasteiger charge is -2.19. The molecule has 3 N–H and O–H groups in total. The van der Waals surface area contributed by atoms with Crippen molar-refractivity contribution in [1.82, 2.24) is 4.98 Å². The second kappa shape index (κ2) is 4.75. The van der Waals surface area contributed by atoms with E-state index in [9.17, 15) is 0 Å². The summed E-state index contributed by atoms with van der Waals surface area (Å²) in [5, 5.41) is 4.21. The summed E-state index contributed by atoms with van der Waals surface area (Å²) in [5.41, 5.74) is 6.31. The lowest BCUT2D eigenvalue weighted by molar-refractivity contribution is 0.763. The van der Waals surface area contributed by atoms with Crippen LogP contribution in [0.15, 0.2) is 18.3 Å². The van der Waals surface area contributed by atoms with E-state index in [1.807, 2.05) is 23.9 Å². The molecule has 1 fully saturated rings. The zero-order chi connectivity index (χ0) is 10.7. The van der Waals surface area contributed by atoms with Crippen LogP contribution in [0.1, 0.15) is 19.3 Å². The Balaban J connectivity index is 1.99. The van der Waals surface area contributed by atoms with Gasteiger partial charge in [0.1, 0.15) is 5.82 Å². The van der Waals surface area contributed by atoms with Gasteiger partial charge in [-0.1, -0.05) is 6.42 Å². The molecule has 0 aromatic carbocycles. The quantitative estimate of drug-likeness (QED) is 0.826. The van der Waals surface area contributed by atoms with E-state index in [1.54, 1.807) is 6.20 Å². The fourth-order valence-electron chi connectivity index (χ4n) is 2.05. The molecule has 1 aromatic rings. The number of thioether (sulfide) groups is 1. The number of hydrogen-bond acceptors (Lipinski definition) is 4. The Hall–Kier alpha value is -0.900. The molecule has 0 bridgehead atoms.